The van der Waals surface area contributed by atoms with Crippen LogP contribution >= 0.6 is 0 Å². The molecule has 0 aliphatic rings. The van der Waals surface area contributed by atoms with Crippen LogP contribution < -0.4 is 0 Å². The molecule has 0 saturated carbocycles. The third kappa shape index (κ3) is 6.06. The second-order valence-corrected chi connectivity index (χ2v) is 4.59. The smallest absolute Gasteiger partial charge is 0.0406 e. The number of allylic oxidation sites excluding steroid dienone is 4. The molecular formula is C16H23N. The third-order valence-corrected chi connectivity index (χ3v) is 2.85. The average molecular weight is 229 g/mol. The molecule has 0 spiro atoms. The molecule has 0 aliphatic carbocycles. The van der Waals surface area contributed by atoms with Gasteiger partial charge in [-0.05, 0) is 58.6 Å². The van der Waals surface area contributed by atoms with Gasteiger partial charge in [-0.25, -0.2) is 0 Å². The number of hydrogen-bond donors (Lipinski definition) is 0. The van der Waals surface area contributed by atoms with Crippen molar-refractivity contribution in [3.05, 3.63) is 53.4 Å². The van der Waals surface area contributed by atoms with Crippen LogP contribution in [0.5, 0.6) is 0 Å². The highest BCUT2D eigenvalue weighted by Crippen LogP contribution is 2.14. The number of aryl methyl sites for hydroxylation is 1. The molecular weight excluding hydrogens is 206 g/mol. The highest BCUT2D eigenvalue weighted by atomic mass is 14.7. The largest absolute Gasteiger partial charge is 0.261 e. The summed E-state index contributed by atoms with van der Waals surface area (Å²) >= 11 is 0. The maximum atomic E-state index is 4.35. The first-order chi connectivity index (χ1) is 8.22. The molecule has 17 heavy (non-hydrogen) atoms. The molecule has 0 fully saturated rings. The van der Waals surface area contributed by atoms with Gasteiger partial charge in [0.15, 0.2) is 0 Å². The van der Waals surface area contributed by atoms with Crippen LogP contribution in [0.1, 0.15) is 45.7 Å². The molecule has 0 aliphatic heterocycles. The van der Waals surface area contributed by atoms with Gasteiger partial charge in [-0.15, -0.1) is 0 Å². The van der Waals surface area contributed by atoms with E-state index in [1.807, 2.05) is 12.3 Å². The quantitative estimate of drug-likeness (QED) is 0.644. The van der Waals surface area contributed by atoms with Crippen LogP contribution in [0.4, 0.5) is 0 Å². The lowest BCUT2D eigenvalue weighted by atomic mass is 10.0. The number of nitrogens with zero attached hydrogens (tertiary/aromatic N) is 1. The van der Waals surface area contributed by atoms with Crippen molar-refractivity contribution < 1.29 is 0 Å². The van der Waals surface area contributed by atoms with E-state index in [0.717, 1.165) is 19.3 Å². The molecule has 0 atom stereocenters. The third-order valence-electron chi connectivity index (χ3n) is 2.85. The van der Waals surface area contributed by atoms with Crippen LogP contribution in [0.2, 0.25) is 0 Å². The number of aromatic nitrogens is 1. The van der Waals surface area contributed by atoms with Gasteiger partial charge in [-0.2, -0.15) is 0 Å². The Morgan fingerprint density at radius 2 is 2.06 bits per heavy atom. The van der Waals surface area contributed by atoms with Crippen molar-refractivity contribution >= 4 is 0 Å². The van der Waals surface area contributed by atoms with Crippen LogP contribution in [0.3, 0.4) is 0 Å². The number of pyridine rings is 1. The van der Waals surface area contributed by atoms with E-state index in [-0.39, 0.29) is 0 Å². The van der Waals surface area contributed by atoms with Crippen LogP contribution in [-0.4, -0.2) is 4.98 Å². The van der Waals surface area contributed by atoms with Crippen LogP contribution in [0.25, 0.3) is 0 Å². The molecule has 0 bridgehead atoms. The summed E-state index contributed by atoms with van der Waals surface area (Å²) in [5.74, 6) is 0. The maximum absolute atomic E-state index is 4.35. The SMILES string of the molecule is C/C=C(\CCC=C(C)C)CCc1ccccn1. The fourth-order valence-electron chi connectivity index (χ4n) is 1.79. The van der Waals surface area contributed by atoms with E-state index >= 15 is 0 Å². The molecule has 1 rings (SSSR count). The van der Waals surface area contributed by atoms with Gasteiger partial charge in [-0.3, -0.25) is 4.98 Å². The van der Waals surface area contributed by atoms with Crippen molar-refractivity contribution in [1.82, 2.24) is 4.98 Å². The van der Waals surface area contributed by atoms with Crippen LogP contribution in [-0.2, 0) is 6.42 Å². The van der Waals surface area contributed by atoms with Gasteiger partial charge in [-0.1, -0.05) is 29.4 Å². The Morgan fingerprint density at radius 3 is 2.65 bits per heavy atom. The highest BCUT2D eigenvalue weighted by molar-refractivity contribution is 5.09. The van der Waals surface area contributed by atoms with Crippen LogP contribution in [0, 0.1) is 0 Å². The van der Waals surface area contributed by atoms with Gasteiger partial charge >= 0.3 is 0 Å². The normalized spacial score (nSPS) is 11.4. The molecule has 0 unspecified atom stereocenters. The molecule has 0 saturated heterocycles. The van der Waals surface area contributed by atoms with Crippen molar-refractivity contribution in [3.63, 3.8) is 0 Å². The van der Waals surface area contributed by atoms with E-state index in [1.165, 1.54) is 23.3 Å². The fraction of sp³-hybridized carbons (Fsp3) is 0.438. The summed E-state index contributed by atoms with van der Waals surface area (Å²) in [4.78, 5) is 4.35. The molecule has 0 amide bonds. The molecule has 0 radical (unpaired) electrons. The number of rotatable bonds is 6. The molecule has 1 nitrogen and oxygen atoms in total. The first kappa shape index (κ1) is 13.7. The lowest BCUT2D eigenvalue weighted by Gasteiger charge is -2.05. The summed E-state index contributed by atoms with van der Waals surface area (Å²) in [6.07, 6.45) is 10.9. The standard InChI is InChI=1S/C16H23N/c1-4-15(9-7-8-14(2)3)11-12-16-10-5-6-13-17-16/h4-6,8,10,13H,7,9,11-12H2,1-3H3/b15-4+. The van der Waals surface area contributed by atoms with Crippen molar-refractivity contribution in [1.29, 1.82) is 0 Å². The van der Waals surface area contributed by atoms with E-state index in [0.29, 0.717) is 0 Å². The summed E-state index contributed by atoms with van der Waals surface area (Å²) < 4.78 is 0. The summed E-state index contributed by atoms with van der Waals surface area (Å²) in [7, 11) is 0. The zero-order valence-corrected chi connectivity index (χ0v) is 11.2. The lowest BCUT2D eigenvalue weighted by Crippen LogP contribution is -1.92. The first-order valence-corrected chi connectivity index (χ1v) is 6.39. The molecule has 1 heterocycles. The molecule has 1 aromatic heterocycles. The van der Waals surface area contributed by atoms with Crippen LogP contribution in [0.15, 0.2) is 47.7 Å². The minimum atomic E-state index is 1.05. The molecule has 1 aromatic rings. The maximum Gasteiger partial charge on any atom is 0.0406 e. The van der Waals surface area contributed by atoms with Crippen molar-refractivity contribution in [2.45, 2.75) is 46.5 Å². The number of hydrogen-bond acceptors (Lipinski definition) is 1. The van der Waals surface area contributed by atoms with Gasteiger partial charge in [0.2, 0.25) is 0 Å². The van der Waals surface area contributed by atoms with Crippen molar-refractivity contribution in [2.24, 2.45) is 0 Å². The predicted octanol–water partition coefficient (Wildman–Crippen LogP) is 4.71. The van der Waals surface area contributed by atoms with E-state index in [2.05, 4.69) is 50.0 Å². The Kier molecular flexibility index (Phi) is 6.31. The van der Waals surface area contributed by atoms with Gasteiger partial charge in [0.25, 0.3) is 0 Å². The minimum absolute atomic E-state index is 1.05. The molecule has 0 N–H and O–H groups in total. The second kappa shape index (κ2) is 7.83. The van der Waals surface area contributed by atoms with E-state index in [9.17, 15) is 0 Å². The summed E-state index contributed by atoms with van der Waals surface area (Å²) in [6.45, 7) is 6.45. The Hall–Kier alpha value is -1.37. The Bertz CT molecular complexity index is 370. The zero-order valence-electron chi connectivity index (χ0n) is 11.2. The Morgan fingerprint density at radius 1 is 1.24 bits per heavy atom. The van der Waals surface area contributed by atoms with Crippen molar-refractivity contribution in [2.75, 3.05) is 0 Å². The summed E-state index contributed by atoms with van der Waals surface area (Å²) in [5.41, 5.74) is 4.13. The minimum Gasteiger partial charge on any atom is -0.261 e. The second-order valence-electron chi connectivity index (χ2n) is 4.59. The lowest BCUT2D eigenvalue weighted by molar-refractivity contribution is 0.826. The van der Waals surface area contributed by atoms with Gasteiger partial charge in [0, 0.05) is 11.9 Å². The zero-order chi connectivity index (χ0) is 12.5. The van der Waals surface area contributed by atoms with Gasteiger partial charge < -0.3 is 0 Å². The Balaban J connectivity index is 2.36. The van der Waals surface area contributed by atoms with E-state index in [1.54, 1.807) is 0 Å². The van der Waals surface area contributed by atoms with E-state index in [4.69, 9.17) is 0 Å². The Labute approximate surface area is 105 Å². The topological polar surface area (TPSA) is 12.9 Å². The summed E-state index contributed by atoms with van der Waals surface area (Å²) in [5, 5.41) is 0. The van der Waals surface area contributed by atoms with Crippen molar-refractivity contribution in [3.8, 4) is 0 Å². The molecule has 92 valence electrons. The summed E-state index contributed by atoms with van der Waals surface area (Å²) in [6, 6.07) is 6.12. The first-order valence-electron chi connectivity index (χ1n) is 6.39. The van der Waals surface area contributed by atoms with Gasteiger partial charge in [0.1, 0.15) is 0 Å². The van der Waals surface area contributed by atoms with E-state index < -0.39 is 0 Å². The monoisotopic (exact) mass is 229 g/mol. The fourth-order valence-corrected chi connectivity index (χ4v) is 1.79. The van der Waals surface area contributed by atoms with Gasteiger partial charge in [0.05, 0.1) is 0 Å². The molecule has 0 aromatic carbocycles. The highest BCUT2D eigenvalue weighted by Gasteiger charge is 1.98. The molecule has 1 heteroatoms. The average Bonchev–Trinajstić information content (AvgIpc) is 2.34. The predicted molar refractivity (Wildman–Crippen MR) is 75.0 cm³/mol.